The van der Waals surface area contributed by atoms with Crippen LogP contribution in [0.15, 0.2) is 0 Å². The Balaban J connectivity index is 2.37. The molecule has 4 nitrogen and oxygen atoms in total. The number of likely N-dealkylation sites (N-methyl/N-ethyl adjacent to an activating group) is 1. The second-order valence-corrected chi connectivity index (χ2v) is 7.08. The number of nitrogens with one attached hydrogen (secondary N) is 1. The fraction of sp³-hybridized carbons (Fsp3) is 0.941. The highest BCUT2D eigenvalue weighted by Crippen LogP contribution is 2.27. The summed E-state index contributed by atoms with van der Waals surface area (Å²) in [7, 11) is 3.28. The van der Waals surface area contributed by atoms with Crippen molar-refractivity contribution in [3.8, 4) is 0 Å². The van der Waals surface area contributed by atoms with Crippen LogP contribution in [0.1, 0.15) is 53.4 Å². The molecule has 124 valence electrons. The zero-order valence-electron chi connectivity index (χ0n) is 14.7. The molecule has 0 aromatic rings. The van der Waals surface area contributed by atoms with Gasteiger partial charge in [0.1, 0.15) is 5.54 Å². The third-order valence-corrected chi connectivity index (χ3v) is 5.28. The standard InChI is InChI=1S/C17H34N2O2/c1-13-11-14(2)15(3)19(12-13)10-8-7-9-17(4,18-5)16(20)21-6/h13-15,18H,7-12H2,1-6H3. The number of unbranched alkanes of at least 4 members (excludes halogenated alkanes) is 1. The highest BCUT2D eigenvalue weighted by atomic mass is 16.5. The maximum atomic E-state index is 11.8. The van der Waals surface area contributed by atoms with Gasteiger partial charge in [-0.05, 0) is 65.0 Å². The van der Waals surface area contributed by atoms with E-state index in [9.17, 15) is 4.79 Å². The van der Waals surface area contributed by atoms with Gasteiger partial charge in [0.25, 0.3) is 0 Å². The predicted octanol–water partition coefficient (Wildman–Crippen LogP) is 2.67. The molecule has 4 unspecified atom stereocenters. The number of hydrogen-bond acceptors (Lipinski definition) is 4. The van der Waals surface area contributed by atoms with Crippen LogP contribution in [0.4, 0.5) is 0 Å². The molecule has 0 bridgehead atoms. The number of hydrogen-bond donors (Lipinski definition) is 1. The molecule has 1 saturated heterocycles. The van der Waals surface area contributed by atoms with E-state index < -0.39 is 5.54 Å². The molecule has 1 aliphatic heterocycles. The smallest absolute Gasteiger partial charge is 0.325 e. The predicted molar refractivity (Wildman–Crippen MR) is 87.3 cm³/mol. The van der Waals surface area contributed by atoms with E-state index in [1.54, 1.807) is 0 Å². The Bertz CT molecular complexity index is 335. The van der Waals surface area contributed by atoms with Crippen LogP contribution in [0.2, 0.25) is 0 Å². The van der Waals surface area contributed by atoms with E-state index in [1.165, 1.54) is 20.1 Å². The van der Waals surface area contributed by atoms with Crippen LogP contribution in [0, 0.1) is 11.8 Å². The normalized spacial score (nSPS) is 29.9. The molecule has 1 rings (SSSR count). The van der Waals surface area contributed by atoms with Crippen molar-refractivity contribution < 1.29 is 9.53 Å². The van der Waals surface area contributed by atoms with Crippen LogP contribution < -0.4 is 5.32 Å². The van der Waals surface area contributed by atoms with E-state index in [2.05, 4.69) is 31.0 Å². The van der Waals surface area contributed by atoms with Crippen LogP contribution in [-0.2, 0) is 9.53 Å². The second-order valence-electron chi connectivity index (χ2n) is 7.08. The molecular weight excluding hydrogens is 264 g/mol. The number of methoxy groups -OCH3 is 1. The third kappa shape index (κ3) is 4.96. The number of ether oxygens (including phenoxy) is 1. The summed E-state index contributed by atoms with van der Waals surface area (Å²) in [6, 6.07) is 0.678. The molecule has 0 aliphatic carbocycles. The topological polar surface area (TPSA) is 41.6 Å². The highest BCUT2D eigenvalue weighted by Gasteiger charge is 2.32. The average Bonchev–Trinajstić information content (AvgIpc) is 2.46. The number of piperidine rings is 1. The van der Waals surface area contributed by atoms with E-state index in [0.717, 1.165) is 37.6 Å². The van der Waals surface area contributed by atoms with Crippen LogP contribution >= 0.6 is 0 Å². The Morgan fingerprint density at radius 2 is 2.00 bits per heavy atom. The van der Waals surface area contributed by atoms with Gasteiger partial charge in [0, 0.05) is 12.6 Å². The molecule has 0 aromatic carbocycles. The Labute approximate surface area is 130 Å². The SMILES string of the molecule is CNC(C)(CCCCN1CC(C)CC(C)C1C)C(=O)OC. The van der Waals surface area contributed by atoms with Crippen LogP contribution in [-0.4, -0.2) is 49.7 Å². The van der Waals surface area contributed by atoms with Gasteiger partial charge in [0.15, 0.2) is 0 Å². The van der Waals surface area contributed by atoms with E-state index in [1.807, 2.05) is 14.0 Å². The van der Waals surface area contributed by atoms with Crippen molar-refractivity contribution in [3.05, 3.63) is 0 Å². The quantitative estimate of drug-likeness (QED) is 0.579. The van der Waals surface area contributed by atoms with Crippen LogP contribution in [0.25, 0.3) is 0 Å². The van der Waals surface area contributed by atoms with E-state index >= 15 is 0 Å². The Morgan fingerprint density at radius 3 is 2.57 bits per heavy atom. The van der Waals surface area contributed by atoms with Gasteiger partial charge in [0.2, 0.25) is 0 Å². The number of carbonyl (C=O) groups is 1. The monoisotopic (exact) mass is 298 g/mol. The summed E-state index contributed by atoms with van der Waals surface area (Å²) in [4.78, 5) is 14.4. The minimum atomic E-state index is -0.553. The molecular formula is C17H34N2O2. The maximum absolute atomic E-state index is 11.8. The molecule has 21 heavy (non-hydrogen) atoms. The Morgan fingerprint density at radius 1 is 1.33 bits per heavy atom. The molecule has 0 amide bonds. The van der Waals surface area contributed by atoms with Crippen molar-refractivity contribution in [1.29, 1.82) is 0 Å². The third-order valence-electron chi connectivity index (χ3n) is 5.28. The number of esters is 1. The van der Waals surface area contributed by atoms with Gasteiger partial charge in [-0.1, -0.05) is 13.8 Å². The molecule has 4 heteroatoms. The maximum Gasteiger partial charge on any atom is 0.325 e. The van der Waals surface area contributed by atoms with Gasteiger partial charge >= 0.3 is 5.97 Å². The lowest BCUT2D eigenvalue weighted by molar-refractivity contribution is -0.148. The highest BCUT2D eigenvalue weighted by molar-refractivity contribution is 5.80. The summed E-state index contributed by atoms with van der Waals surface area (Å²) < 4.78 is 4.89. The average molecular weight is 298 g/mol. The van der Waals surface area contributed by atoms with Crippen molar-refractivity contribution in [3.63, 3.8) is 0 Å². The Hall–Kier alpha value is -0.610. The van der Waals surface area contributed by atoms with Crippen molar-refractivity contribution >= 4 is 5.97 Å². The van der Waals surface area contributed by atoms with E-state index in [4.69, 9.17) is 4.74 Å². The van der Waals surface area contributed by atoms with Gasteiger partial charge < -0.3 is 15.0 Å². The van der Waals surface area contributed by atoms with Gasteiger partial charge in [-0.15, -0.1) is 0 Å². The van der Waals surface area contributed by atoms with Crippen molar-refractivity contribution in [2.75, 3.05) is 27.2 Å². The first-order chi connectivity index (χ1) is 9.84. The van der Waals surface area contributed by atoms with Gasteiger partial charge in [-0.2, -0.15) is 0 Å². The fourth-order valence-corrected chi connectivity index (χ4v) is 3.48. The van der Waals surface area contributed by atoms with E-state index in [0.29, 0.717) is 6.04 Å². The molecule has 0 spiro atoms. The molecule has 0 saturated carbocycles. The summed E-state index contributed by atoms with van der Waals surface area (Å²) in [5.41, 5.74) is -0.553. The minimum absolute atomic E-state index is 0.168. The van der Waals surface area contributed by atoms with Crippen molar-refractivity contribution in [2.24, 2.45) is 11.8 Å². The largest absolute Gasteiger partial charge is 0.468 e. The summed E-state index contributed by atoms with van der Waals surface area (Å²) in [6.45, 7) is 11.3. The molecule has 1 heterocycles. The second kappa shape index (κ2) is 8.14. The number of likely N-dealkylation sites (tertiary alicyclic amines) is 1. The lowest BCUT2D eigenvalue weighted by Crippen LogP contribution is -2.48. The fourth-order valence-electron chi connectivity index (χ4n) is 3.48. The van der Waals surface area contributed by atoms with Crippen molar-refractivity contribution in [2.45, 2.75) is 65.0 Å². The minimum Gasteiger partial charge on any atom is -0.468 e. The van der Waals surface area contributed by atoms with Gasteiger partial charge in [-0.3, -0.25) is 4.79 Å². The van der Waals surface area contributed by atoms with Gasteiger partial charge in [-0.25, -0.2) is 0 Å². The first kappa shape index (κ1) is 18.4. The first-order valence-corrected chi connectivity index (χ1v) is 8.35. The summed E-state index contributed by atoms with van der Waals surface area (Å²) >= 11 is 0. The molecule has 4 atom stereocenters. The van der Waals surface area contributed by atoms with Crippen LogP contribution in [0.5, 0.6) is 0 Å². The Kier molecular flexibility index (Phi) is 7.14. The lowest BCUT2D eigenvalue weighted by atomic mass is 9.85. The zero-order chi connectivity index (χ0) is 16.0. The number of carbonyl (C=O) groups excluding carboxylic acids is 1. The van der Waals surface area contributed by atoms with Crippen molar-refractivity contribution in [1.82, 2.24) is 10.2 Å². The van der Waals surface area contributed by atoms with Gasteiger partial charge in [0.05, 0.1) is 7.11 Å². The lowest BCUT2D eigenvalue weighted by Gasteiger charge is -2.41. The first-order valence-electron chi connectivity index (χ1n) is 8.35. The molecule has 1 N–H and O–H groups in total. The van der Waals surface area contributed by atoms with E-state index in [-0.39, 0.29) is 5.97 Å². The number of rotatable bonds is 7. The molecule has 1 aliphatic rings. The van der Waals surface area contributed by atoms with Crippen LogP contribution in [0.3, 0.4) is 0 Å². The molecule has 0 radical (unpaired) electrons. The summed E-state index contributed by atoms with van der Waals surface area (Å²) in [5.74, 6) is 1.42. The summed E-state index contributed by atoms with van der Waals surface area (Å²) in [6.07, 6.45) is 4.35. The summed E-state index contributed by atoms with van der Waals surface area (Å²) in [5, 5.41) is 3.10. The molecule has 0 aromatic heterocycles. The number of nitrogens with zero attached hydrogens (tertiary/aromatic N) is 1. The molecule has 1 fully saturated rings. The zero-order valence-corrected chi connectivity index (χ0v) is 14.7.